The maximum absolute atomic E-state index is 13.0. The molecular formula is C13H14F3N3O. The highest BCUT2D eigenvalue weighted by atomic mass is 19.4. The zero-order valence-corrected chi connectivity index (χ0v) is 11.2. The lowest BCUT2D eigenvalue weighted by Gasteiger charge is -2.17. The molecule has 0 amide bonds. The van der Waals surface area contributed by atoms with Crippen molar-refractivity contribution in [3.05, 3.63) is 46.5 Å². The molecule has 0 aliphatic rings. The van der Waals surface area contributed by atoms with E-state index < -0.39 is 17.8 Å². The van der Waals surface area contributed by atoms with Gasteiger partial charge in [-0.15, -0.1) is 0 Å². The van der Waals surface area contributed by atoms with E-state index in [0.29, 0.717) is 17.0 Å². The number of aryl methyl sites for hydroxylation is 2. The maximum Gasteiger partial charge on any atom is 0.416 e. The summed E-state index contributed by atoms with van der Waals surface area (Å²) < 4.78 is 40.4. The Labute approximate surface area is 113 Å². The highest BCUT2D eigenvalue weighted by Gasteiger charge is 2.36. The van der Waals surface area contributed by atoms with Crippen molar-refractivity contribution in [2.24, 2.45) is 7.05 Å². The van der Waals surface area contributed by atoms with Gasteiger partial charge < -0.3 is 5.11 Å². The molecule has 20 heavy (non-hydrogen) atoms. The molecule has 1 N–H and O–H groups in total. The summed E-state index contributed by atoms with van der Waals surface area (Å²) in [5, 5.41) is 14.4. The summed E-state index contributed by atoms with van der Waals surface area (Å²) in [5.41, 5.74) is 0.342. The highest BCUT2D eigenvalue weighted by Crippen LogP contribution is 2.37. The van der Waals surface area contributed by atoms with Gasteiger partial charge in [0.15, 0.2) is 0 Å². The third kappa shape index (κ3) is 2.40. The first-order valence-electron chi connectivity index (χ1n) is 5.92. The van der Waals surface area contributed by atoms with E-state index in [2.05, 4.69) is 10.1 Å². The molecule has 0 bridgehead atoms. The Morgan fingerprint density at radius 3 is 2.45 bits per heavy atom. The van der Waals surface area contributed by atoms with Gasteiger partial charge in [0.05, 0.1) is 11.3 Å². The Morgan fingerprint density at radius 2 is 1.95 bits per heavy atom. The SMILES string of the molecule is Cc1nn(C)c(C)c1C(O)c1cnccc1C(F)(F)F. The molecule has 108 valence electrons. The van der Waals surface area contributed by atoms with Gasteiger partial charge in [-0.2, -0.15) is 18.3 Å². The Bertz CT molecular complexity index is 634. The Hall–Kier alpha value is -1.89. The van der Waals surface area contributed by atoms with Crippen molar-refractivity contribution in [2.45, 2.75) is 26.1 Å². The molecular weight excluding hydrogens is 271 g/mol. The number of hydrogen-bond acceptors (Lipinski definition) is 3. The molecule has 2 heterocycles. The van der Waals surface area contributed by atoms with E-state index in [1.165, 1.54) is 4.68 Å². The van der Waals surface area contributed by atoms with E-state index in [4.69, 9.17) is 0 Å². The molecule has 0 aliphatic heterocycles. The van der Waals surface area contributed by atoms with Gasteiger partial charge in [0.1, 0.15) is 6.10 Å². The number of alkyl halides is 3. The minimum Gasteiger partial charge on any atom is -0.383 e. The smallest absolute Gasteiger partial charge is 0.383 e. The molecule has 0 saturated carbocycles. The van der Waals surface area contributed by atoms with Crippen molar-refractivity contribution in [3.8, 4) is 0 Å². The molecule has 0 aliphatic carbocycles. The zero-order chi connectivity index (χ0) is 15.1. The first-order chi connectivity index (χ1) is 9.23. The average Bonchev–Trinajstić information content (AvgIpc) is 2.61. The quantitative estimate of drug-likeness (QED) is 0.922. The summed E-state index contributed by atoms with van der Waals surface area (Å²) in [7, 11) is 1.67. The van der Waals surface area contributed by atoms with E-state index in [9.17, 15) is 18.3 Å². The van der Waals surface area contributed by atoms with Gasteiger partial charge in [0.2, 0.25) is 0 Å². The molecule has 0 fully saturated rings. The van der Waals surface area contributed by atoms with Gasteiger partial charge in [0.25, 0.3) is 0 Å². The van der Waals surface area contributed by atoms with Gasteiger partial charge in [-0.3, -0.25) is 9.67 Å². The number of nitrogens with zero attached hydrogens (tertiary/aromatic N) is 3. The summed E-state index contributed by atoms with van der Waals surface area (Å²) in [6, 6.07) is 0.861. The number of halogens is 3. The summed E-state index contributed by atoms with van der Waals surface area (Å²) in [5.74, 6) is 0. The van der Waals surface area contributed by atoms with Crippen molar-refractivity contribution in [1.29, 1.82) is 0 Å². The van der Waals surface area contributed by atoms with Crippen molar-refractivity contribution in [3.63, 3.8) is 0 Å². The van der Waals surface area contributed by atoms with Crippen LogP contribution in [0.2, 0.25) is 0 Å². The van der Waals surface area contributed by atoms with Crippen molar-refractivity contribution in [1.82, 2.24) is 14.8 Å². The van der Waals surface area contributed by atoms with Crippen LogP contribution in [0.1, 0.15) is 34.2 Å². The van der Waals surface area contributed by atoms with Crippen LogP contribution in [0.5, 0.6) is 0 Å². The van der Waals surface area contributed by atoms with Crippen molar-refractivity contribution >= 4 is 0 Å². The first-order valence-corrected chi connectivity index (χ1v) is 5.92. The van der Waals surface area contributed by atoms with Crippen LogP contribution in [0, 0.1) is 13.8 Å². The Balaban J connectivity index is 2.57. The minimum absolute atomic E-state index is 0.265. The fraction of sp³-hybridized carbons (Fsp3) is 0.385. The zero-order valence-electron chi connectivity index (χ0n) is 11.2. The standard InChI is InChI=1S/C13H14F3N3O/c1-7-11(8(2)19(3)18-7)12(20)9-6-17-5-4-10(9)13(14,15)16/h4-6,12,20H,1-3H3. The van der Waals surface area contributed by atoms with Crippen LogP contribution in [-0.2, 0) is 13.2 Å². The van der Waals surface area contributed by atoms with Gasteiger partial charge in [0, 0.05) is 36.3 Å². The molecule has 0 spiro atoms. The van der Waals surface area contributed by atoms with E-state index in [1.807, 2.05) is 0 Å². The largest absolute Gasteiger partial charge is 0.416 e. The molecule has 0 radical (unpaired) electrons. The maximum atomic E-state index is 13.0. The molecule has 1 unspecified atom stereocenters. The molecule has 7 heteroatoms. The monoisotopic (exact) mass is 285 g/mol. The number of hydrogen-bond donors (Lipinski definition) is 1. The van der Waals surface area contributed by atoms with Crippen LogP contribution in [0.4, 0.5) is 13.2 Å². The number of rotatable bonds is 2. The molecule has 0 saturated heterocycles. The predicted molar refractivity (Wildman–Crippen MR) is 66.0 cm³/mol. The summed E-state index contributed by atoms with van der Waals surface area (Å²) in [4.78, 5) is 3.68. The second kappa shape index (κ2) is 4.90. The summed E-state index contributed by atoms with van der Waals surface area (Å²) >= 11 is 0. The van der Waals surface area contributed by atoms with E-state index in [-0.39, 0.29) is 5.56 Å². The summed E-state index contributed by atoms with van der Waals surface area (Å²) in [6.07, 6.45) is -3.85. The van der Waals surface area contributed by atoms with Gasteiger partial charge in [-0.05, 0) is 19.9 Å². The molecule has 0 aromatic carbocycles. The van der Waals surface area contributed by atoms with Gasteiger partial charge in [-0.25, -0.2) is 0 Å². The van der Waals surface area contributed by atoms with Crippen LogP contribution < -0.4 is 0 Å². The third-order valence-corrected chi connectivity index (χ3v) is 3.29. The molecule has 2 aromatic rings. The van der Waals surface area contributed by atoms with Crippen molar-refractivity contribution in [2.75, 3.05) is 0 Å². The average molecular weight is 285 g/mol. The molecule has 2 rings (SSSR count). The first kappa shape index (κ1) is 14.5. The van der Waals surface area contributed by atoms with Crippen molar-refractivity contribution < 1.29 is 18.3 Å². The Kier molecular flexibility index (Phi) is 3.56. The normalized spacial score (nSPS) is 13.6. The van der Waals surface area contributed by atoms with E-state index >= 15 is 0 Å². The second-order valence-electron chi connectivity index (χ2n) is 4.57. The lowest BCUT2D eigenvalue weighted by molar-refractivity contribution is -0.139. The highest BCUT2D eigenvalue weighted by molar-refractivity contribution is 5.39. The van der Waals surface area contributed by atoms with E-state index in [1.54, 1.807) is 20.9 Å². The topological polar surface area (TPSA) is 50.9 Å². The fourth-order valence-electron chi connectivity index (χ4n) is 2.22. The number of aliphatic hydroxyl groups is 1. The summed E-state index contributed by atoms with van der Waals surface area (Å²) in [6.45, 7) is 3.34. The predicted octanol–water partition coefficient (Wildman–Crippen LogP) is 2.53. The molecule has 2 aromatic heterocycles. The number of pyridine rings is 1. The minimum atomic E-state index is -4.54. The van der Waals surface area contributed by atoms with Crippen LogP contribution in [0.25, 0.3) is 0 Å². The number of aromatic nitrogens is 3. The fourth-order valence-corrected chi connectivity index (χ4v) is 2.22. The van der Waals surface area contributed by atoms with Crippen LogP contribution in [0.15, 0.2) is 18.5 Å². The lowest BCUT2D eigenvalue weighted by Crippen LogP contribution is -2.14. The van der Waals surface area contributed by atoms with Crippen LogP contribution in [-0.4, -0.2) is 19.9 Å². The molecule has 1 atom stereocenters. The number of aliphatic hydroxyl groups excluding tert-OH is 1. The van der Waals surface area contributed by atoms with Gasteiger partial charge >= 0.3 is 6.18 Å². The van der Waals surface area contributed by atoms with Crippen LogP contribution in [0.3, 0.4) is 0 Å². The molecule has 4 nitrogen and oxygen atoms in total. The van der Waals surface area contributed by atoms with Gasteiger partial charge in [-0.1, -0.05) is 0 Å². The third-order valence-electron chi connectivity index (χ3n) is 3.29. The van der Waals surface area contributed by atoms with Crippen LogP contribution >= 0.6 is 0 Å². The Morgan fingerprint density at radius 1 is 1.30 bits per heavy atom. The lowest BCUT2D eigenvalue weighted by atomic mass is 9.97. The van der Waals surface area contributed by atoms with E-state index in [0.717, 1.165) is 18.5 Å². The second-order valence-corrected chi connectivity index (χ2v) is 4.57.